The molecule has 1 aromatic carbocycles. The summed E-state index contributed by atoms with van der Waals surface area (Å²) in [5.41, 5.74) is 5.80. The molecule has 0 spiro atoms. The Morgan fingerprint density at radius 2 is 2.29 bits per heavy atom. The molecule has 2 rings (SSSR count). The minimum Gasteiger partial charge on any atom is -0.369 e. The summed E-state index contributed by atoms with van der Waals surface area (Å²) in [5.74, 6) is -0.434. The van der Waals surface area contributed by atoms with Crippen molar-refractivity contribution in [1.29, 1.82) is 0 Å². The second-order valence-corrected chi connectivity index (χ2v) is 6.91. The third-order valence-corrected chi connectivity index (χ3v) is 5.04. The van der Waals surface area contributed by atoms with E-state index in [0.29, 0.717) is 20.0 Å². The van der Waals surface area contributed by atoms with Gasteiger partial charge >= 0.3 is 0 Å². The zero-order chi connectivity index (χ0) is 15.6. The Bertz CT molecular complexity index is 718. The first kappa shape index (κ1) is 15.7. The Labute approximate surface area is 133 Å². The fourth-order valence-electron chi connectivity index (χ4n) is 1.58. The van der Waals surface area contributed by atoms with E-state index in [2.05, 4.69) is 4.98 Å². The van der Waals surface area contributed by atoms with Crippen molar-refractivity contribution in [3.63, 3.8) is 0 Å². The first-order valence-electron chi connectivity index (χ1n) is 5.73. The van der Waals surface area contributed by atoms with Crippen LogP contribution in [0, 0.1) is 17.0 Å². The Morgan fingerprint density at radius 1 is 1.57 bits per heavy atom. The number of halogens is 1. The molecule has 1 amide bonds. The highest BCUT2D eigenvalue weighted by Crippen LogP contribution is 2.38. The molecule has 2 aromatic rings. The standard InChI is InChI=1S/C12H10ClN3O3S2/c1-6-10(5-11(14)17)21-12(15-6)20-9-3-2-7(13)4-8(9)16(18)19/h2-4H,5H2,1H3,(H2,14,17). The summed E-state index contributed by atoms with van der Waals surface area (Å²) in [4.78, 5) is 27.0. The normalized spacial score (nSPS) is 10.6. The van der Waals surface area contributed by atoms with Crippen LogP contribution < -0.4 is 5.73 Å². The molecule has 0 aliphatic heterocycles. The fraction of sp³-hybridized carbons (Fsp3) is 0.167. The summed E-state index contributed by atoms with van der Waals surface area (Å²) < 4.78 is 0.620. The molecule has 1 heterocycles. The summed E-state index contributed by atoms with van der Waals surface area (Å²) >= 11 is 8.24. The minimum atomic E-state index is -0.487. The molecule has 6 nitrogen and oxygen atoms in total. The van der Waals surface area contributed by atoms with Crippen LogP contribution in [0.5, 0.6) is 0 Å². The third-order valence-electron chi connectivity index (χ3n) is 2.52. The molecule has 0 saturated heterocycles. The molecule has 21 heavy (non-hydrogen) atoms. The molecule has 0 atom stereocenters. The predicted molar refractivity (Wildman–Crippen MR) is 82.0 cm³/mol. The molecular weight excluding hydrogens is 334 g/mol. The smallest absolute Gasteiger partial charge is 0.284 e. The zero-order valence-electron chi connectivity index (χ0n) is 10.8. The van der Waals surface area contributed by atoms with Gasteiger partial charge in [0, 0.05) is 16.0 Å². The monoisotopic (exact) mass is 343 g/mol. The van der Waals surface area contributed by atoms with E-state index in [-0.39, 0.29) is 12.1 Å². The van der Waals surface area contributed by atoms with Crippen molar-refractivity contribution in [3.05, 3.63) is 43.9 Å². The summed E-state index contributed by atoms with van der Waals surface area (Å²) in [6.07, 6.45) is 0.118. The van der Waals surface area contributed by atoms with Crippen LogP contribution in [0.2, 0.25) is 5.02 Å². The molecule has 0 saturated carbocycles. The number of benzene rings is 1. The number of aromatic nitrogens is 1. The van der Waals surface area contributed by atoms with Gasteiger partial charge in [0.25, 0.3) is 5.69 Å². The predicted octanol–water partition coefficient (Wildman–Crippen LogP) is 3.19. The van der Waals surface area contributed by atoms with Crippen LogP contribution in [-0.4, -0.2) is 15.8 Å². The van der Waals surface area contributed by atoms with Crippen LogP contribution in [-0.2, 0) is 11.2 Å². The van der Waals surface area contributed by atoms with Crippen molar-refractivity contribution >= 4 is 46.3 Å². The number of hydrogen-bond acceptors (Lipinski definition) is 6. The molecule has 0 aliphatic rings. The molecule has 0 bridgehead atoms. The number of aryl methyl sites for hydroxylation is 1. The summed E-state index contributed by atoms with van der Waals surface area (Å²) in [6, 6.07) is 4.46. The van der Waals surface area contributed by atoms with Gasteiger partial charge in [0.1, 0.15) is 0 Å². The third kappa shape index (κ3) is 3.93. The first-order valence-corrected chi connectivity index (χ1v) is 7.74. The van der Waals surface area contributed by atoms with E-state index in [1.807, 2.05) is 0 Å². The Kier molecular flexibility index (Phi) is 4.81. The topological polar surface area (TPSA) is 99.1 Å². The highest BCUT2D eigenvalue weighted by atomic mass is 35.5. The zero-order valence-corrected chi connectivity index (χ0v) is 13.2. The number of nitrogens with zero attached hydrogens (tertiary/aromatic N) is 2. The van der Waals surface area contributed by atoms with E-state index in [4.69, 9.17) is 17.3 Å². The summed E-state index contributed by atoms with van der Waals surface area (Å²) in [7, 11) is 0. The average Bonchev–Trinajstić information content (AvgIpc) is 2.71. The van der Waals surface area contributed by atoms with Crippen molar-refractivity contribution in [3.8, 4) is 0 Å². The van der Waals surface area contributed by atoms with Gasteiger partial charge in [-0.2, -0.15) is 0 Å². The number of carbonyl (C=O) groups excluding carboxylic acids is 1. The Hall–Kier alpha value is -1.64. The number of amides is 1. The molecule has 0 unspecified atom stereocenters. The minimum absolute atomic E-state index is 0.0724. The van der Waals surface area contributed by atoms with Crippen molar-refractivity contribution in [2.75, 3.05) is 0 Å². The van der Waals surface area contributed by atoms with E-state index < -0.39 is 10.8 Å². The molecule has 0 fully saturated rings. The number of hydrogen-bond donors (Lipinski definition) is 1. The van der Waals surface area contributed by atoms with Crippen molar-refractivity contribution in [2.24, 2.45) is 5.73 Å². The highest BCUT2D eigenvalue weighted by Gasteiger charge is 2.18. The van der Waals surface area contributed by atoms with Crippen LogP contribution in [0.15, 0.2) is 27.4 Å². The van der Waals surface area contributed by atoms with E-state index >= 15 is 0 Å². The Balaban J connectivity index is 2.30. The molecule has 0 radical (unpaired) electrons. The van der Waals surface area contributed by atoms with Gasteiger partial charge in [0.2, 0.25) is 5.91 Å². The molecule has 110 valence electrons. The quantitative estimate of drug-likeness (QED) is 0.663. The lowest BCUT2D eigenvalue weighted by Crippen LogP contribution is -2.13. The van der Waals surface area contributed by atoms with Gasteiger partial charge in [0.05, 0.1) is 21.9 Å². The van der Waals surface area contributed by atoms with Crippen LogP contribution in [0.4, 0.5) is 5.69 Å². The lowest BCUT2D eigenvalue weighted by atomic mass is 10.3. The molecule has 0 aliphatic carbocycles. The molecular formula is C12H10ClN3O3S2. The molecule has 9 heteroatoms. The molecule has 1 aromatic heterocycles. The van der Waals surface area contributed by atoms with Crippen LogP contribution in [0.25, 0.3) is 0 Å². The fourth-order valence-corrected chi connectivity index (χ4v) is 4.03. The van der Waals surface area contributed by atoms with Gasteiger partial charge < -0.3 is 5.73 Å². The van der Waals surface area contributed by atoms with Crippen LogP contribution in [0.3, 0.4) is 0 Å². The van der Waals surface area contributed by atoms with Crippen molar-refractivity contribution in [1.82, 2.24) is 4.98 Å². The van der Waals surface area contributed by atoms with Crippen LogP contribution in [0.1, 0.15) is 10.6 Å². The van der Waals surface area contributed by atoms with Gasteiger partial charge in [-0.25, -0.2) is 4.98 Å². The van der Waals surface area contributed by atoms with Crippen molar-refractivity contribution in [2.45, 2.75) is 22.6 Å². The van der Waals surface area contributed by atoms with Gasteiger partial charge in [0.15, 0.2) is 4.34 Å². The summed E-state index contributed by atoms with van der Waals surface area (Å²) in [6.45, 7) is 1.77. The average molecular weight is 344 g/mol. The number of thiazole rings is 1. The lowest BCUT2D eigenvalue weighted by molar-refractivity contribution is -0.387. The Morgan fingerprint density at radius 3 is 2.90 bits per heavy atom. The number of rotatable bonds is 5. The second kappa shape index (κ2) is 6.42. The van der Waals surface area contributed by atoms with Gasteiger partial charge in [-0.3, -0.25) is 14.9 Å². The maximum Gasteiger partial charge on any atom is 0.284 e. The van der Waals surface area contributed by atoms with E-state index in [9.17, 15) is 14.9 Å². The summed E-state index contributed by atoms with van der Waals surface area (Å²) in [5, 5.41) is 11.3. The number of nitro benzene ring substituents is 1. The lowest BCUT2D eigenvalue weighted by Gasteiger charge is -2.00. The SMILES string of the molecule is Cc1nc(Sc2ccc(Cl)cc2[N+](=O)[O-])sc1CC(N)=O. The first-order chi connectivity index (χ1) is 9.86. The maximum absolute atomic E-state index is 11.0. The molecule has 2 N–H and O–H groups in total. The second-order valence-electron chi connectivity index (χ2n) is 4.10. The van der Waals surface area contributed by atoms with Gasteiger partial charge in [-0.15, -0.1) is 11.3 Å². The van der Waals surface area contributed by atoms with E-state index in [1.165, 1.54) is 29.2 Å². The van der Waals surface area contributed by atoms with E-state index in [0.717, 1.165) is 4.88 Å². The number of nitrogens with two attached hydrogens (primary N) is 1. The number of nitro groups is 1. The number of carbonyl (C=O) groups is 1. The van der Waals surface area contributed by atoms with Crippen molar-refractivity contribution < 1.29 is 9.72 Å². The number of primary amides is 1. The van der Waals surface area contributed by atoms with Gasteiger partial charge in [-0.05, 0) is 19.1 Å². The van der Waals surface area contributed by atoms with Crippen LogP contribution >= 0.6 is 34.7 Å². The van der Waals surface area contributed by atoms with Gasteiger partial charge in [-0.1, -0.05) is 23.4 Å². The van der Waals surface area contributed by atoms with E-state index in [1.54, 1.807) is 19.1 Å². The largest absolute Gasteiger partial charge is 0.369 e. The maximum atomic E-state index is 11.0. The highest BCUT2D eigenvalue weighted by molar-refractivity contribution is 8.01.